The summed E-state index contributed by atoms with van der Waals surface area (Å²) in [6.45, 7) is 2.54. The standard InChI is InChI=1S/C23H33F3N2O3/c1-4-22(28(2)3)9-7-15(8-10-22)11-16-12-17(5-6-19(16)23(24,25)26)31-18-13-20(21(29)30)27-14-18/h5-6,12,15,18,20,27H,4,7-11,13-14H2,1-3H3,(H,29,30)/t15-,18-,20-,22-/m0/s1. The molecule has 1 aromatic rings. The number of hydrogen-bond acceptors (Lipinski definition) is 4. The number of rotatable bonds is 7. The smallest absolute Gasteiger partial charge is 0.416 e. The SMILES string of the molecule is CC[C@]1(N(C)C)CC[C@H](Cc2cc(O[C@@H]3CN[C@H](C(=O)O)C3)ccc2C(F)(F)F)CC1. The molecule has 3 rings (SSSR count). The van der Waals surface area contributed by atoms with Crippen LogP contribution in [0.5, 0.6) is 5.75 Å². The van der Waals surface area contributed by atoms with E-state index in [-0.39, 0.29) is 29.5 Å². The Morgan fingerprint density at radius 3 is 2.48 bits per heavy atom. The van der Waals surface area contributed by atoms with Crippen molar-refractivity contribution in [3.05, 3.63) is 29.3 Å². The highest BCUT2D eigenvalue weighted by Gasteiger charge is 2.38. The Bertz CT molecular complexity index is 774. The Morgan fingerprint density at radius 1 is 1.29 bits per heavy atom. The van der Waals surface area contributed by atoms with Crippen LogP contribution in [0.25, 0.3) is 0 Å². The second-order valence-electron chi connectivity index (χ2n) is 9.21. The van der Waals surface area contributed by atoms with Crippen molar-refractivity contribution in [3.63, 3.8) is 0 Å². The molecule has 0 radical (unpaired) electrons. The third kappa shape index (κ3) is 5.52. The number of benzene rings is 1. The van der Waals surface area contributed by atoms with Crippen molar-refractivity contribution in [3.8, 4) is 5.75 Å². The molecule has 5 nitrogen and oxygen atoms in total. The second kappa shape index (κ2) is 9.36. The Labute approximate surface area is 181 Å². The minimum atomic E-state index is -4.41. The van der Waals surface area contributed by atoms with E-state index in [1.807, 2.05) is 0 Å². The van der Waals surface area contributed by atoms with Crippen LogP contribution in [0.3, 0.4) is 0 Å². The van der Waals surface area contributed by atoms with E-state index < -0.39 is 23.8 Å². The van der Waals surface area contributed by atoms with Gasteiger partial charge in [0.15, 0.2) is 0 Å². The van der Waals surface area contributed by atoms with Gasteiger partial charge in [-0.25, -0.2) is 0 Å². The number of hydrogen-bond donors (Lipinski definition) is 2. The quantitative estimate of drug-likeness (QED) is 0.658. The van der Waals surface area contributed by atoms with Crippen LogP contribution in [0.1, 0.15) is 56.6 Å². The van der Waals surface area contributed by atoms with Crippen LogP contribution in [-0.4, -0.2) is 54.3 Å². The lowest BCUT2D eigenvalue weighted by Gasteiger charge is -2.45. The third-order valence-corrected chi connectivity index (χ3v) is 7.22. The van der Waals surface area contributed by atoms with Crippen molar-refractivity contribution < 1.29 is 27.8 Å². The fraction of sp³-hybridized carbons (Fsp3) is 0.696. The Hall–Kier alpha value is -1.80. The number of carboxylic acids is 1. The fourth-order valence-corrected chi connectivity index (χ4v) is 5.11. The monoisotopic (exact) mass is 442 g/mol. The predicted octanol–water partition coefficient (Wildman–Crippen LogP) is 4.34. The first-order valence-corrected chi connectivity index (χ1v) is 11.0. The van der Waals surface area contributed by atoms with Crippen molar-refractivity contribution >= 4 is 5.97 Å². The number of carbonyl (C=O) groups is 1. The highest BCUT2D eigenvalue weighted by atomic mass is 19.4. The summed E-state index contributed by atoms with van der Waals surface area (Å²) in [7, 11) is 4.17. The van der Waals surface area contributed by atoms with Gasteiger partial charge in [0.1, 0.15) is 17.9 Å². The van der Waals surface area contributed by atoms with Gasteiger partial charge < -0.3 is 20.1 Å². The van der Waals surface area contributed by atoms with Gasteiger partial charge in [0, 0.05) is 18.5 Å². The second-order valence-corrected chi connectivity index (χ2v) is 9.21. The average molecular weight is 443 g/mol. The zero-order valence-electron chi connectivity index (χ0n) is 18.5. The number of halogens is 3. The van der Waals surface area contributed by atoms with E-state index in [0.717, 1.165) is 38.2 Å². The van der Waals surface area contributed by atoms with Gasteiger partial charge in [-0.2, -0.15) is 13.2 Å². The van der Waals surface area contributed by atoms with Gasteiger partial charge in [0.05, 0.1) is 5.56 Å². The summed E-state index contributed by atoms with van der Waals surface area (Å²) in [6, 6.07) is 3.26. The molecule has 0 bridgehead atoms. The van der Waals surface area contributed by atoms with E-state index >= 15 is 0 Å². The van der Waals surface area contributed by atoms with Gasteiger partial charge in [-0.15, -0.1) is 0 Å². The third-order valence-electron chi connectivity index (χ3n) is 7.22. The van der Waals surface area contributed by atoms with Crippen LogP contribution < -0.4 is 10.1 Å². The van der Waals surface area contributed by atoms with Gasteiger partial charge in [0.2, 0.25) is 0 Å². The van der Waals surface area contributed by atoms with E-state index in [1.165, 1.54) is 12.1 Å². The first-order valence-electron chi connectivity index (χ1n) is 11.0. The summed E-state index contributed by atoms with van der Waals surface area (Å²) in [4.78, 5) is 13.4. The topological polar surface area (TPSA) is 61.8 Å². The maximum atomic E-state index is 13.6. The minimum Gasteiger partial charge on any atom is -0.489 e. The molecule has 1 saturated carbocycles. The molecule has 2 atom stereocenters. The van der Waals surface area contributed by atoms with Gasteiger partial charge in [-0.1, -0.05) is 6.92 Å². The van der Waals surface area contributed by atoms with Crippen molar-refractivity contribution in [1.29, 1.82) is 0 Å². The predicted molar refractivity (Wildman–Crippen MR) is 112 cm³/mol. The molecule has 0 amide bonds. The van der Waals surface area contributed by atoms with E-state index in [2.05, 4.69) is 31.2 Å². The maximum absolute atomic E-state index is 13.6. The maximum Gasteiger partial charge on any atom is 0.416 e. The Morgan fingerprint density at radius 2 is 1.97 bits per heavy atom. The van der Waals surface area contributed by atoms with Gasteiger partial charge in [-0.05, 0) is 82.3 Å². The van der Waals surface area contributed by atoms with Crippen LogP contribution in [0.2, 0.25) is 0 Å². The molecule has 8 heteroatoms. The number of nitrogens with one attached hydrogen (secondary N) is 1. The number of nitrogens with zero attached hydrogens (tertiary/aromatic N) is 1. The summed E-state index contributed by atoms with van der Waals surface area (Å²) < 4.78 is 46.8. The van der Waals surface area contributed by atoms with Crippen molar-refractivity contribution in [1.82, 2.24) is 10.2 Å². The lowest BCUT2D eigenvalue weighted by atomic mass is 9.72. The van der Waals surface area contributed by atoms with Crippen LogP contribution in [0, 0.1) is 5.92 Å². The zero-order valence-corrected chi connectivity index (χ0v) is 18.5. The molecule has 0 aromatic heterocycles. The number of aliphatic carboxylic acids is 1. The van der Waals surface area contributed by atoms with Crippen molar-refractivity contribution in [2.24, 2.45) is 5.92 Å². The molecule has 0 unspecified atom stereocenters. The van der Waals surface area contributed by atoms with Crippen molar-refractivity contribution in [2.45, 2.75) is 75.7 Å². The summed E-state index contributed by atoms with van der Waals surface area (Å²) in [6.07, 6.45) is 0.705. The zero-order chi connectivity index (χ0) is 22.8. The van der Waals surface area contributed by atoms with Gasteiger partial charge in [-0.3, -0.25) is 4.79 Å². The molecular formula is C23H33F3N2O3. The summed E-state index contributed by atoms with van der Waals surface area (Å²) >= 11 is 0. The Balaban J connectivity index is 1.72. The molecule has 1 heterocycles. The molecular weight excluding hydrogens is 409 g/mol. The molecule has 1 aliphatic carbocycles. The fourth-order valence-electron chi connectivity index (χ4n) is 5.11. The number of ether oxygens (including phenoxy) is 1. The lowest BCUT2D eigenvalue weighted by Crippen LogP contribution is -2.46. The highest BCUT2D eigenvalue weighted by molar-refractivity contribution is 5.73. The van der Waals surface area contributed by atoms with E-state index in [9.17, 15) is 18.0 Å². The lowest BCUT2D eigenvalue weighted by molar-refractivity contribution is -0.139. The summed E-state index contributed by atoms with van der Waals surface area (Å²) in [5.41, 5.74) is -0.192. The highest BCUT2D eigenvalue weighted by Crippen LogP contribution is 2.41. The summed E-state index contributed by atoms with van der Waals surface area (Å²) in [5.74, 6) is -0.370. The molecule has 2 N–H and O–H groups in total. The van der Waals surface area contributed by atoms with Crippen LogP contribution >= 0.6 is 0 Å². The molecule has 1 aliphatic heterocycles. The summed E-state index contributed by atoms with van der Waals surface area (Å²) in [5, 5.41) is 11.9. The number of carboxylic acid groups (broad SMARTS) is 1. The van der Waals surface area contributed by atoms with E-state index in [4.69, 9.17) is 9.84 Å². The van der Waals surface area contributed by atoms with Crippen LogP contribution in [0.15, 0.2) is 18.2 Å². The van der Waals surface area contributed by atoms with E-state index in [0.29, 0.717) is 18.7 Å². The van der Waals surface area contributed by atoms with Crippen LogP contribution in [0.4, 0.5) is 13.2 Å². The normalized spacial score (nSPS) is 29.3. The molecule has 1 saturated heterocycles. The van der Waals surface area contributed by atoms with E-state index in [1.54, 1.807) is 0 Å². The van der Waals surface area contributed by atoms with Gasteiger partial charge >= 0.3 is 12.1 Å². The largest absolute Gasteiger partial charge is 0.489 e. The Kier molecular flexibility index (Phi) is 7.21. The number of alkyl halides is 3. The van der Waals surface area contributed by atoms with Crippen molar-refractivity contribution in [2.75, 3.05) is 20.6 Å². The molecule has 2 aliphatic rings. The molecule has 174 valence electrons. The minimum absolute atomic E-state index is 0.143. The first-order chi connectivity index (χ1) is 14.5. The molecule has 0 spiro atoms. The molecule has 31 heavy (non-hydrogen) atoms. The van der Waals surface area contributed by atoms with Gasteiger partial charge in [0.25, 0.3) is 0 Å². The molecule has 2 fully saturated rings. The average Bonchev–Trinajstić information content (AvgIpc) is 3.16. The molecule has 1 aromatic carbocycles. The first kappa shape index (κ1) is 23.9. The van der Waals surface area contributed by atoms with Crippen LogP contribution in [-0.2, 0) is 17.4 Å².